The maximum Gasteiger partial charge on any atom is 0.245 e. The number of rotatable bonds is 4. The van der Waals surface area contributed by atoms with E-state index < -0.39 is 0 Å². The van der Waals surface area contributed by atoms with Crippen molar-refractivity contribution in [3.63, 3.8) is 0 Å². The van der Waals surface area contributed by atoms with Gasteiger partial charge in [-0.1, -0.05) is 18.2 Å². The highest BCUT2D eigenvalue weighted by atomic mass is 32.1. The molecule has 2 atom stereocenters. The molecule has 2 aromatic heterocycles. The van der Waals surface area contributed by atoms with Crippen molar-refractivity contribution in [2.45, 2.75) is 50.7 Å². The molecule has 2 saturated heterocycles. The van der Waals surface area contributed by atoms with Crippen LogP contribution in [0.1, 0.15) is 61.7 Å². The molecule has 0 aliphatic carbocycles. The standard InChI is InChI=1S/C20H22N4O3S/c25-18(12-14-13-6-1-2-9-17(13)28-23-14)24-10-4-3-7-15(24)19-21-22-20(27-19)16-8-5-11-26-16/h1-2,6,9,15-16H,3-5,7-8,10-12H2/t15?,16-/m1/s1. The third-order valence-electron chi connectivity index (χ3n) is 5.54. The van der Waals surface area contributed by atoms with E-state index >= 15 is 0 Å². The first-order valence-electron chi connectivity index (χ1n) is 9.87. The van der Waals surface area contributed by atoms with Crippen LogP contribution in [0.5, 0.6) is 0 Å². The van der Waals surface area contributed by atoms with Gasteiger partial charge >= 0.3 is 0 Å². The van der Waals surface area contributed by atoms with Crippen LogP contribution in [-0.2, 0) is 16.0 Å². The summed E-state index contributed by atoms with van der Waals surface area (Å²) in [4.78, 5) is 15.0. The average molecular weight is 398 g/mol. The second kappa shape index (κ2) is 7.60. The Morgan fingerprint density at radius 1 is 1.14 bits per heavy atom. The van der Waals surface area contributed by atoms with E-state index in [0.29, 0.717) is 24.7 Å². The molecule has 146 valence electrons. The molecular formula is C20H22N4O3S. The van der Waals surface area contributed by atoms with Gasteiger partial charge in [0.1, 0.15) is 12.1 Å². The van der Waals surface area contributed by atoms with Crippen molar-refractivity contribution in [1.82, 2.24) is 19.5 Å². The second-order valence-electron chi connectivity index (χ2n) is 7.38. The Bertz CT molecular complexity index is 979. The van der Waals surface area contributed by atoms with Gasteiger partial charge in [-0.15, -0.1) is 10.2 Å². The van der Waals surface area contributed by atoms with Crippen LogP contribution in [0.2, 0.25) is 0 Å². The maximum absolute atomic E-state index is 13.1. The van der Waals surface area contributed by atoms with E-state index in [4.69, 9.17) is 9.15 Å². The van der Waals surface area contributed by atoms with Crippen molar-refractivity contribution in [2.75, 3.05) is 13.2 Å². The summed E-state index contributed by atoms with van der Waals surface area (Å²) >= 11 is 1.44. The first-order valence-corrected chi connectivity index (χ1v) is 10.6. The molecular weight excluding hydrogens is 376 g/mol. The molecule has 1 unspecified atom stereocenters. The predicted molar refractivity (Wildman–Crippen MR) is 104 cm³/mol. The monoisotopic (exact) mass is 398 g/mol. The van der Waals surface area contributed by atoms with E-state index in [9.17, 15) is 4.79 Å². The maximum atomic E-state index is 13.1. The molecule has 28 heavy (non-hydrogen) atoms. The van der Waals surface area contributed by atoms with Gasteiger partial charge in [0, 0.05) is 18.5 Å². The summed E-state index contributed by atoms with van der Waals surface area (Å²) in [6.07, 6.45) is 5.00. The molecule has 7 nitrogen and oxygen atoms in total. The molecule has 0 spiro atoms. The molecule has 4 heterocycles. The lowest BCUT2D eigenvalue weighted by atomic mass is 10.0. The van der Waals surface area contributed by atoms with Gasteiger partial charge in [0.05, 0.1) is 16.8 Å². The normalized spacial score (nSPS) is 22.8. The molecule has 8 heteroatoms. The van der Waals surface area contributed by atoms with Gasteiger partial charge in [-0.05, 0) is 49.7 Å². The van der Waals surface area contributed by atoms with Gasteiger partial charge in [-0.3, -0.25) is 4.79 Å². The number of piperidine rings is 1. The fraction of sp³-hybridized carbons (Fsp3) is 0.500. The molecule has 1 amide bonds. The van der Waals surface area contributed by atoms with Gasteiger partial charge in [0.25, 0.3) is 0 Å². The zero-order chi connectivity index (χ0) is 18.9. The average Bonchev–Trinajstić information content (AvgIpc) is 3.49. The molecule has 2 fully saturated rings. The molecule has 2 aliphatic rings. The van der Waals surface area contributed by atoms with Gasteiger partial charge < -0.3 is 14.1 Å². The van der Waals surface area contributed by atoms with Gasteiger partial charge in [-0.2, -0.15) is 4.37 Å². The number of nitrogens with zero attached hydrogens (tertiary/aromatic N) is 4. The minimum absolute atomic E-state index is 0.0672. The number of likely N-dealkylation sites (tertiary alicyclic amines) is 1. The molecule has 0 radical (unpaired) electrons. The zero-order valence-electron chi connectivity index (χ0n) is 15.5. The first kappa shape index (κ1) is 17.8. The van der Waals surface area contributed by atoms with Crippen LogP contribution in [0, 0.1) is 0 Å². The minimum atomic E-state index is -0.159. The van der Waals surface area contributed by atoms with Crippen LogP contribution < -0.4 is 0 Å². The number of benzene rings is 1. The van der Waals surface area contributed by atoms with Crippen LogP contribution in [0.15, 0.2) is 28.7 Å². The summed E-state index contributed by atoms with van der Waals surface area (Å²) in [6.45, 7) is 1.45. The SMILES string of the molecule is O=C(Cc1nsc2ccccc12)N1CCCCC1c1nnc([C@H]2CCCO2)o1. The van der Waals surface area contributed by atoms with Crippen molar-refractivity contribution in [3.8, 4) is 0 Å². The quantitative estimate of drug-likeness (QED) is 0.664. The van der Waals surface area contributed by atoms with Crippen molar-refractivity contribution >= 4 is 27.5 Å². The largest absolute Gasteiger partial charge is 0.420 e. The number of fused-ring (bicyclic) bond motifs is 1. The summed E-state index contributed by atoms with van der Waals surface area (Å²) in [5.74, 6) is 1.13. The van der Waals surface area contributed by atoms with Gasteiger partial charge in [0.15, 0.2) is 0 Å². The van der Waals surface area contributed by atoms with Crippen molar-refractivity contribution < 1.29 is 13.9 Å². The lowest BCUT2D eigenvalue weighted by Gasteiger charge is -2.33. The third-order valence-corrected chi connectivity index (χ3v) is 6.40. The van der Waals surface area contributed by atoms with Gasteiger partial charge in [0.2, 0.25) is 17.7 Å². The van der Waals surface area contributed by atoms with E-state index in [1.54, 1.807) is 0 Å². The fourth-order valence-corrected chi connectivity index (χ4v) is 4.88. The lowest BCUT2D eigenvalue weighted by Crippen LogP contribution is -2.39. The Balaban J connectivity index is 1.36. The predicted octanol–water partition coefficient (Wildman–Crippen LogP) is 3.83. The summed E-state index contributed by atoms with van der Waals surface area (Å²) in [5, 5.41) is 9.52. The fourth-order valence-electron chi connectivity index (χ4n) is 4.08. The van der Waals surface area contributed by atoms with E-state index in [1.807, 2.05) is 29.2 Å². The van der Waals surface area contributed by atoms with Crippen molar-refractivity contribution in [2.24, 2.45) is 0 Å². The Labute approximate surface area is 166 Å². The van der Waals surface area contributed by atoms with Crippen LogP contribution in [0.3, 0.4) is 0 Å². The minimum Gasteiger partial charge on any atom is -0.420 e. The molecule has 2 aliphatic heterocycles. The van der Waals surface area contributed by atoms with E-state index in [1.165, 1.54) is 11.5 Å². The number of aromatic nitrogens is 3. The van der Waals surface area contributed by atoms with Crippen LogP contribution >= 0.6 is 11.5 Å². The first-order chi connectivity index (χ1) is 13.8. The smallest absolute Gasteiger partial charge is 0.245 e. The third kappa shape index (κ3) is 3.31. The highest BCUT2D eigenvalue weighted by Gasteiger charge is 2.33. The highest BCUT2D eigenvalue weighted by molar-refractivity contribution is 7.13. The Hall–Kier alpha value is -2.32. The molecule has 1 aromatic carbocycles. The number of hydrogen-bond acceptors (Lipinski definition) is 7. The summed E-state index contributed by atoms with van der Waals surface area (Å²) in [5.41, 5.74) is 0.848. The molecule has 5 rings (SSSR count). The number of ether oxygens (including phenoxy) is 1. The Morgan fingerprint density at radius 2 is 2.04 bits per heavy atom. The second-order valence-corrected chi connectivity index (χ2v) is 8.19. The molecule has 0 saturated carbocycles. The van der Waals surface area contributed by atoms with Crippen LogP contribution in [0.25, 0.3) is 10.1 Å². The topological polar surface area (TPSA) is 81.4 Å². The van der Waals surface area contributed by atoms with Gasteiger partial charge in [-0.25, -0.2) is 0 Å². The Morgan fingerprint density at radius 3 is 2.93 bits per heavy atom. The van der Waals surface area contributed by atoms with E-state index in [2.05, 4.69) is 14.6 Å². The van der Waals surface area contributed by atoms with E-state index in [-0.39, 0.29) is 18.1 Å². The van der Waals surface area contributed by atoms with Crippen molar-refractivity contribution in [3.05, 3.63) is 41.7 Å². The Kier molecular flexibility index (Phi) is 4.82. The molecule has 0 bridgehead atoms. The van der Waals surface area contributed by atoms with E-state index in [0.717, 1.165) is 54.5 Å². The summed E-state index contributed by atoms with van der Waals surface area (Å²) < 4.78 is 17.2. The summed E-state index contributed by atoms with van der Waals surface area (Å²) in [7, 11) is 0. The number of carbonyl (C=O) groups is 1. The van der Waals surface area contributed by atoms with Crippen LogP contribution in [0.4, 0.5) is 0 Å². The number of carbonyl (C=O) groups excluding carboxylic acids is 1. The molecule has 3 aromatic rings. The molecule has 0 N–H and O–H groups in total. The lowest BCUT2D eigenvalue weighted by molar-refractivity contribution is -0.135. The highest BCUT2D eigenvalue weighted by Crippen LogP contribution is 2.34. The van der Waals surface area contributed by atoms with Crippen molar-refractivity contribution in [1.29, 1.82) is 0 Å². The number of hydrogen-bond donors (Lipinski definition) is 0. The number of amides is 1. The summed E-state index contributed by atoms with van der Waals surface area (Å²) in [6, 6.07) is 7.89. The zero-order valence-corrected chi connectivity index (χ0v) is 16.4. The van der Waals surface area contributed by atoms with Crippen LogP contribution in [-0.4, -0.2) is 38.5 Å².